The maximum atomic E-state index is 11.9. The number of aromatic amines is 1. The van der Waals surface area contributed by atoms with Gasteiger partial charge in [0.2, 0.25) is 0 Å². The molecule has 1 unspecified atom stereocenters. The predicted molar refractivity (Wildman–Crippen MR) is 65.9 cm³/mol. The minimum atomic E-state index is -0.0291. The maximum absolute atomic E-state index is 11.9. The predicted octanol–water partition coefficient (Wildman–Crippen LogP) is 0.724. The van der Waals surface area contributed by atoms with Crippen LogP contribution in [0.4, 0.5) is 0 Å². The van der Waals surface area contributed by atoms with Crippen LogP contribution >= 0.6 is 0 Å². The largest absolute Gasteiger partial charge is 0.326 e. The number of aromatic nitrogens is 3. The van der Waals surface area contributed by atoms with Crippen molar-refractivity contribution in [3.63, 3.8) is 0 Å². The molecule has 3 heterocycles. The van der Waals surface area contributed by atoms with E-state index in [9.17, 15) is 4.79 Å². The van der Waals surface area contributed by atoms with E-state index in [4.69, 9.17) is 0 Å². The second-order valence-electron chi connectivity index (χ2n) is 4.65. The number of hydrogen-bond donors (Lipinski definition) is 2. The number of pyridine rings is 1. The highest BCUT2D eigenvalue weighted by atomic mass is 16.1. The van der Waals surface area contributed by atoms with Crippen LogP contribution in [-0.2, 0) is 6.54 Å². The Hall–Kier alpha value is -1.62. The SMILES string of the molecule is O=c1[nH]c2cnccc2n1CC1CCCNC1. The molecule has 5 heteroatoms. The van der Waals surface area contributed by atoms with Gasteiger partial charge >= 0.3 is 5.69 Å². The van der Waals surface area contributed by atoms with E-state index in [-0.39, 0.29) is 5.69 Å². The molecule has 3 rings (SSSR count). The molecule has 1 atom stereocenters. The van der Waals surface area contributed by atoms with Crippen LogP contribution in [0.1, 0.15) is 12.8 Å². The lowest BCUT2D eigenvalue weighted by molar-refractivity contribution is 0.337. The Balaban J connectivity index is 1.93. The van der Waals surface area contributed by atoms with Crippen LogP contribution in [0.3, 0.4) is 0 Å². The van der Waals surface area contributed by atoms with Crippen LogP contribution in [0, 0.1) is 5.92 Å². The van der Waals surface area contributed by atoms with E-state index in [1.165, 1.54) is 12.8 Å². The van der Waals surface area contributed by atoms with E-state index in [0.29, 0.717) is 5.92 Å². The second-order valence-corrected chi connectivity index (χ2v) is 4.65. The molecule has 1 fully saturated rings. The average molecular weight is 232 g/mol. The number of piperidine rings is 1. The maximum Gasteiger partial charge on any atom is 0.326 e. The molecule has 1 aliphatic heterocycles. The van der Waals surface area contributed by atoms with Crippen LogP contribution < -0.4 is 11.0 Å². The fourth-order valence-corrected chi connectivity index (χ4v) is 2.53. The topological polar surface area (TPSA) is 62.7 Å². The first-order valence-electron chi connectivity index (χ1n) is 6.08. The molecule has 1 aliphatic rings. The van der Waals surface area contributed by atoms with Gasteiger partial charge in [-0.25, -0.2) is 4.79 Å². The molecule has 0 bridgehead atoms. The van der Waals surface area contributed by atoms with Crippen molar-refractivity contribution in [3.8, 4) is 0 Å². The summed E-state index contributed by atoms with van der Waals surface area (Å²) in [6.45, 7) is 2.89. The first-order chi connectivity index (χ1) is 8.34. The molecule has 0 spiro atoms. The summed E-state index contributed by atoms with van der Waals surface area (Å²) in [4.78, 5) is 18.7. The van der Waals surface area contributed by atoms with Gasteiger partial charge in [0.15, 0.2) is 0 Å². The quantitative estimate of drug-likeness (QED) is 0.802. The van der Waals surface area contributed by atoms with Crippen molar-refractivity contribution in [3.05, 3.63) is 28.9 Å². The fourth-order valence-electron chi connectivity index (χ4n) is 2.53. The van der Waals surface area contributed by atoms with Crippen LogP contribution in [0.15, 0.2) is 23.3 Å². The summed E-state index contributed by atoms with van der Waals surface area (Å²) in [5.74, 6) is 0.550. The van der Waals surface area contributed by atoms with Gasteiger partial charge in [0, 0.05) is 12.7 Å². The summed E-state index contributed by atoms with van der Waals surface area (Å²) in [5.41, 5.74) is 1.75. The Bertz CT molecular complexity index is 565. The van der Waals surface area contributed by atoms with Gasteiger partial charge in [-0.15, -0.1) is 0 Å². The van der Waals surface area contributed by atoms with Gasteiger partial charge in [-0.3, -0.25) is 9.55 Å². The molecule has 2 aromatic heterocycles. The number of nitrogens with zero attached hydrogens (tertiary/aromatic N) is 2. The monoisotopic (exact) mass is 232 g/mol. The molecule has 2 N–H and O–H groups in total. The van der Waals surface area contributed by atoms with Gasteiger partial charge in [0.1, 0.15) is 0 Å². The van der Waals surface area contributed by atoms with Crippen molar-refractivity contribution < 1.29 is 0 Å². The molecule has 1 saturated heterocycles. The Morgan fingerprint density at radius 3 is 3.29 bits per heavy atom. The summed E-state index contributed by atoms with van der Waals surface area (Å²) in [6, 6.07) is 1.89. The number of H-pyrrole nitrogens is 1. The van der Waals surface area contributed by atoms with Crippen molar-refractivity contribution in [2.24, 2.45) is 5.92 Å². The van der Waals surface area contributed by atoms with Gasteiger partial charge in [0.25, 0.3) is 0 Å². The molecule has 0 aromatic carbocycles. The molecule has 17 heavy (non-hydrogen) atoms. The van der Waals surface area contributed by atoms with E-state index >= 15 is 0 Å². The number of imidazole rings is 1. The van der Waals surface area contributed by atoms with Crippen LogP contribution in [0.25, 0.3) is 11.0 Å². The van der Waals surface area contributed by atoms with Crippen molar-refractivity contribution >= 4 is 11.0 Å². The zero-order chi connectivity index (χ0) is 11.7. The smallest absolute Gasteiger partial charge is 0.316 e. The second kappa shape index (κ2) is 4.33. The molecule has 0 aliphatic carbocycles. The van der Waals surface area contributed by atoms with E-state index < -0.39 is 0 Å². The summed E-state index contributed by atoms with van der Waals surface area (Å²) < 4.78 is 1.83. The van der Waals surface area contributed by atoms with Crippen LogP contribution in [0.2, 0.25) is 0 Å². The number of fused-ring (bicyclic) bond motifs is 1. The Kier molecular flexibility index (Phi) is 2.68. The summed E-state index contributed by atoms with van der Waals surface area (Å²) in [5, 5.41) is 3.38. The van der Waals surface area contributed by atoms with E-state index in [0.717, 1.165) is 30.7 Å². The zero-order valence-electron chi connectivity index (χ0n) is 9.65. The van der Waals surface area contributed by atoms with Crippen molar-refractivity contribution in [2.75, 3.05) is 13.1 Å². The van der Waals surface area contributed by atoms with Gasteiger partial charge in [0.05, 0.1) is 17.2 Å². The third-order valence-electron chi connectivity index (χ3n) is 3.42. The molecule has 90 valence electrons. The van der Waals surface area contributed by atoms with Crippen LogP contribution in [0.5, 0.6) is 0 Å². The lowest BCUT2D eigenvalue weighted by Crippen LogP contribution is -2.34. The Morgan fingerprint density at radius 2 is 2.47 bits per heavy atom. The fraction of sp³-hybridized carbons (Fsp3) is 0.500. The van der Waals surface area contributed by atoms with Crippen molar-refractivity contribution in [1.82, 2.24) is 19.9 Å². The van der Waals surface area contributed by atoms with Gasteiger partial charge < -0.3 is 10.3 Å². The number of rotatable bonds is 2. The summed E-state index contributed by atoms with van der Waals surface area (Å²) >= 11 is 0. The van der Waals surface area contributed by atoms with Crippen LogP contribution in [-0.4, -0.2) is 27.6 Å². The minimum absolute atomic E-state index is 0.0291. The molecule has 0 saturated carbocycles. The lowest BCUT2D eigenvalue weighted by atomic mass is 10.00. The van der Waals surface area contributed by atoms with Crippen molar-refractivity contribution in [2.45, 2.75) is 19.4 Å². The highest BCUT2D eigenvalue weighted by Gasteiger charge is 2.16. The molecule has 0 radical (unpaired) electrons. The molecule has 0 amide bonds. The Morgan fingerprint density at radius 1 is 1.53 bits per heavy atom. The molecular weight excluding hydrogens is 216 g/mol. The first kappa shape index (κ1) is 10.5. The standard InChI is InChI=1S/C12H16N4O/c17-12-15-10-7-14-5-3-11(10)16(12)8-9-2-1-4-13-6-9/h3,5,7,9,13H,1-2,4,6,8H2,(H,15,17). The van der Waals surface area contributed by atoms with Crippen molar-refractivity contribution in [1.29, 1.82) is 0 Å². The van der Waals surface area contributed by atoms with Gasteiger partial charge in [-0.1, -0.05) is 0 Å². The molecular formula is C12H16N4O. The van der Waals surface area contributed by atoms with E-state index in [2.05, 4.69) is 15.3 Å². The summed E-state index contributed by atoms with van der Waals surface area (Å²) in [7, 11) is 0. The third kappa shape index (κ3) is 1.98. The third-order valence-corrected chi connectivity index (χ3v) is 3.42. The van der Waals surface area contributed by atoms with Gasteiger partial charge in [-0.2, -0.15) is 0 Å². The number of hydrogen-bond acceptors (Lipinski definition) is 3. The highest BCUT2D eigenvalue weighted by Crippen LogP contribution is 2.15. The normalized spacial score (nSPS) is 20.8. The molecule has 5 nitrogen and oxygen atoms in total. The zero-order valence-corrected chi connectivity index (χ0v) is 9.65. The Labute approximate surface area is 98.9 Å². The van der Waals surface area contributed by atoms with E-state index in [1.54, 1.807) is 12.4 Å². The average Bonchev–Trinajstić information content (AvgIpc) is 2.68. The summed E-state index contributed by atoms with van der Waals surface area (Å²) in [6.07, 6.45) is 5.82. The highest BCUT2D eigenvalue weighted by molar-refractivity contribution is 5.73. The molecule has 2 aromatic rings. The van der Waals surface area contributed by atoms with Gasteiger partial charge in [-0.05, 0) is 37.9 Å². The lowest BCUT2D eigenvalue weighted by Gasteiger charge is -2.22. The van der Waals surface area contributed by atoms with E-state index in [1.807, 2.05) is 10.6 Å². The minimum Gasteiger partial charge on any atom is -0.316 e. The number of nitrogens with one attached hydrogen (secondary N) is 2. The first-order valence-corrected chi connectivity index (χ1v) is 6.08.